The predicted molar refractivity (Wildman–Crippen MR) is 71.2 cm³/mol. The Morgan fingerprint density at radius 3 is 2.39 bits per heavy atom. The lowest BCUT2D eigenvalue weighted by Gasteiger charge is -2.21. The first-order valence-corrected chi connectivity index (χ1v) is 5.80. The second-order valence-electron chi connectivity index (χ2n) is 5.22. The number of anilines is 1. The fraction of sp³-hybridized carbons (Fsp3) is 0.429. The van der Waals surface area contributed by atoms with E-state index >= 15 is 0 Å². The fourth-order valence-electron chi connectivity index (χ4n) is 1.59. The summed E-state index contributed by atoms with van der Waals surface area (Å²) in [4.78, 5) is 22.6. The summed E-state index contributed by atoms with van der Waals surface area (Å²) in [6, 6.07) is 3.53. The van der Waals surface area contributed by atoms with E-state index in [4.69, 9.17) is 4.74 Å². The molecule has 98 valence electrons. The van der Waals surface area contributed by atoms with Gasteiger partial charge in [-0.05, 0) is 45.7 Å². The number of carbonyl (C=O) groups excluding carboxylic acids is 2. The van der Waals surface area contributed by atoms with Crippen molar-refractivity contribution in [1.29, 1.82) is 0 Å². The highest BCUT2D eigenvalue weighted by Crippen LogP contribution is 2.23. The van der Waals surface area contributed by atoms with Crippen LogP contribution in [-0.4, -0.2) is 18.0 Å². The lowest BCUT2D eigenvalue weighted by Crippen LogP contribution is -2.27. The van der Waals surface area contributed by atoms with Crippen molar-refractivity contribution >= 4 is 18.1 Å². The zero-order chi connectivity index (χ0) is 13.9. The summed E-state index contributed by atoms with van der Waals surface area (Å²) in [7, 11) is 0. The molecule has 0 aliphatic heterocycles. The summed E-state index contributed by atoms with van der Waals surface area (Å²) < 4.78 is 5.19. The number of hydrogen-bond donors (Lipinski definition) is 1. The average Bonchev–Trinajstić information content (AvgIpc) is 2.22. The molecule has 0 bridgehead atoms. The van der Waals surface area contributed by atoms with Crippen LogP contribution in [0.4, 0.5) is 10.5 Å². The predicted octanol–water partition coefficient (Wildman–Crippen LogP) is 3.46. The number of nitrogens with one attached hydrogen (secondary N) is 1. The Morgan fingerprint density at radius 1 is 1.28 bits per heavy atom. The molecule has 0 atom stereocenters. The van der Waals surface area contributed by atoms with Crippen molar-refractivity contribution in [2.45, 2.75) is 40.2 Å². The molecule has 0 saturated carbocycles. The van der Waals surface area contributed by atoms with Gasteiger partial charge in [-0.15, -0.1) is 0 Å². The Hall–Kier alpha value is -1.84. The van der Waals surface area contributed by atoms with Crippen LogP contribution in [0.2, 0.25) is 0 Å². The van der Waals surface area contributed by atoms with Crippen molar-refractivity contribution in [2.75, 3.05) is 5.32 Å². The van der Waals surface area contributed by atoms with Gasteiger partial charge < -0.3 is 4.74 Å². The zero-order valence-electron chi connectivity index (χ0n) is 11.5. The summed E-state index contributed by atoms with van der Waals surface area (Å²) in [6.07, 6.45) is 0.256. The molecule has 1 aromatic carbocycles. The minimum Gasteiger partial charge on any atom is -0.444 e. The maximum atomic E-state index is 11.7. The van der Waals surface area contributed by atoms with Gasteiger partial charge in [0.05, 0.1) is 5.69 Å². The number of hydrogen-bond acceptors (Lipinski definition) is 3. The van der Waals surface area contributed by atoms with Crippen LogP contribution in [-0.2, 0) is 4.74 Å². The SMILES string of the molecule is Cc1ccc(C=O)c(C)c1NC(=O)OC(C)(C)C. The van der Waals surface area contributed by atoms with Crippen LogP contribution in [0.15, 0.2) is 12.1 Å². The van der Waals surface area contributed by atoms with Gasteiger partial charge in [-0.2, -0.15) is 0 Å². The van der Waals surface area contributed by atoms with E-state index in [1.807, 2.05) is 6.92 Å². The molecule has 18 heavy (non-hydrogen) atoms. The molecular formula is C14H19NO3. The summed E-state index contributed by atoms with van der Waals surface area (Å²) in [5.41, 5.74) is 2.29. The number of carbonyl (C=O) groups is 2. The molecule has 0 spiro atoms. The Morgan fingerprint density at radius 2 is 1.89 bits per heavy atom. The van der Waals surface area contributed by atoms with Crippen LogP contribution in [0.3, 0.4) is 0 Å². The van der Waals surface area contributed by atoms with Gasteiger partial charge in [0, 0.05) is 5.56 Å². The monoisotopic (exact) mass is 249 g/mol. The minimum absolute atomic E-state index is 0.517. The van der Waals surface area contributed by atoms with E-state index < -0.39 is 11.7 Å². The first kappa shape index (κ1) is 14.2. The number of ether oxygens (including phenoxy) is 1. The molecule has 0 saturated heterocycles. The maximum Gasteiger partial charge on any atom is 0.412 e. The molecule has 0 radical (unpaired) electrons. The van der Waals surface area contributed by atoms with Gasteiger partial charge in [0.1, 0.15) is 11.9 Å². The van der Waals surface area contributed by atoms with E-state index in [9.17, 15) is 9.59 Å². The molecule has 0 unspecified atom stereocenters. The van der Waals surface area contributed by atoms with E-state index in [-0.39, 0.29) is 0 Å². The van der Waals surface area contributed by atoms with Gasteiger partial charge >= 0.3 is 6.09 Å². The largest absolute Gasteiger partial charge is 0.444 e. The highest BCUT2D eigenvalue weighted by Gasteiger charge is 2.18. The topological polar surface area (TPSA) is 55.4 Å². The molecule has 1 rings (SSSR count). The minimum atomic E-state index is -0.547. The van der Waals surface area contributed by atoms with Crippen LogP contribution in [0.5, 0.6) is 0 Å². The van der Waals surface area contributed by atoms with E-state index in [1.165, 1.54) is 0 Å². The standard InChI is InChI=1S/C14H19NO3/c1-9-6-7-11(8-16)10(2)12(9)15-13(17)18-14(3,4)5/h6-8H,1-5H3,(H,15,17). The van der Waals surface area contributed by atoms with Gasteiger partial charge in [-0.25, -0.2) is 4.79 Å². The van der Waals surface area contributed by atoms with Gasteiger partial charge in [0.25, 0.3) is 0 Å². The summed E-state index contributed by atoms with van der Waals surface area (Å²) in [5, 5.41) is 2.69. The molecule has 1 amide bonds. The summed E-state index contributed by atoms with van der Waals surface area (Å²) in [5.74, 6) is 0. The molecule has 1 aromatic rings. The number of rotatable bonds is 2. The van der Waals surface area contributed by atoms with Gasteiger partial charge in [-0.1, -0.05) is 12.1 Å². The highest BCUT2D eigenvalue weighted by molar-refractivity contribution is 5.90. The summed E-state index contributed by atoms with van der Waals surface area (Å²) >= 11 is 0. The number of benzene rings is 1. The number of aryl methyl sites for hydroxylation is 1. The quantitative estimate of drug-likeness (QED) is 0.816. The van der Waals surface area contributed by atoms with E-state index in [0.717, 1.165) is 17.4 Å². The van der Waals surface area contributed by atoms with Crippen LogP contribution < -0.4 is 5.32 Å². The van der Waals surface area contributed by atoms with Crippen molar-refractivity contribution in [2.24, 2.45) is 0 Å². The molecule has 0 fully saturated rings. The van der Waals surface area contributed by atoms with E-state index in [2.05, 4.69) is 5.32 Å². The molecule has 1 N–H and O–H groups in total. The normalized spacial score (nSPS) is 10.9. The third-order valence-corrected chi connectivity index (χ3v) is 2.47. The molecule has 0 heterocycles. The Balaban J connectivity index is 2.97. The highest BCUT2D eigenvalue weighted by atomic mass is 16.6. The molecule has 4 heteroatoms. The van der Waals surface area contributed by atoms with Gasteiger partial charge in [0.2, 0.25) is 0 Å². The molecule has 4 nitrogen and oxygen atoms in total. The van der Waals surface area contributed by atoms with E-state index in [0.29, 0.717) is 11.3 Å². The van der Waals surface area contributed by atoms with Gasteiger partial charge in [0.15, 0.2) is 0 Å². The first-order chi connectivity index (χ1) is 8.24. The Bertz CT molecular complexity index is 473. The van der Waals surface area contributed by atoms with Crippen molar-refractivity contribution in [1.82, 2.24) is 0 Å². The fourth-order valence-corrected chi connectivity index (χ4v) is 1.59. The van der Waals surface area contributed by atoms with Crippen molar-refractivity contribution < 1.29 is 14.3 Å². The molecule has 0 aromatic heterocycles. The third kappa shape index (κ3) is 3.58. The second kappa shape index (κ2) is 5.21. The average molecular weight is 249 g/mol. The van der Waals surface area contributed by atoms with Crippen molar-refractivity contribution in [3.63, 3.8) is 0 Å². The van der Waals surface area contributed by atoms with Crippen LogP contribution in [0.1, 0.15) is 42.3 Å². The lowest BCUT2D eigenvalue weighted by molar-refractivity contribution is 0.0635. The first-order valence-electron chi connectivity index (χ1n) is 5.80. The van der Waals surface area contributed by atoms with Gasteiger partial charge in [-0.3, -0.25) is 10.1 Å². The number of aldehydes is 1. The Labute approximate surface area is 107 Å². The van der Waals surface area contributed by atoms with Crippen LogP contribution >= 0.6 is 0 Å². The van der Waals surface area contributed by atoms with Crippen LogP contribution in [0.25, 0.3) is 0 Å². The number of amides is 1. The lowest BCUT2D eigenvalue weighted by atomic mass is 10.0. The molecule has 0 aliphatic carbocycles. The smallest absolute Gasteiger partial charge is 0.412 e. The summed E-state index contributed by atoms with van der Waals surface area (Å²) in [6.45, 7) is 9.06. The zero-order valence-corrected chi connectivity index (χ0v) is 11.5. The third-order valence-electron chi connectivity index (χ3n) is 2.47. The van der Waals surface area contributed by atoms with Crippen molar-refractivity contribution in [3.8, 4) is 0 Å². The van der Waals surface area contributed by atoms with Crippen molar-refractivity contribution in [3.05, 3.63) is 28.8 Å². The second-order valence-corrected chi connectivity index (χ2v) is 5.22. The Kier molecular flexibility index (Phi) is 4.11. The molecular weight excluding hydrogens is 230 g/mol. The maximum absolute atomic E-state index is 11.7. The molecule has 0 aliphatic rings. The van der Waals surface area contributed by atoms with Crippen LogP contribution in [0, 0.1) is 13.8 Å². The van der Waals surface area contributed by atoms with E-state index in [1.54, 1.807) is 39.8 Å².